The second-order valence-electron chi connectivity index (χ2n) is 5.77. The molecule has 1 aromatic heterocycles. The third-order valence-electron chi connectivity index (χ3n) is 3.83. The molecule has 3 aromatic rings. The van der Waals surface area contributed by atoms with Crippen LogP contribution >= 0.6 is 0 Å². The summed E-state index contributed by atoms with van der Waals surface area (Å²) in [5.41, 5.74) is 2.29. The number of amides is 1. The molecular formula is C20H22N4O3. The molecular weight excluding hydrogens is 344 g/mol. The van der Waals surface area contributed by atoms with Gasteiger partial charge in [-0.05, 0) is 49.7 Å². The molecule has 27 heavy (non-hydrogen) atoms. The Balaban J connectivity index is 1.68. The molecule has 140 valence electrons. The number of carbonyl (C=O) groups is 1. The second-order valence-corrected chi connectivity index (χ2v) is 5.77. The van der Waals surface area contributed by atoms with Crippen molar-refractivity contribution in [3.05, 3.63) is 66.2 Å². The van der Waals surface area contributed by atoms with Crippen molar-refractivity contribution < 1.29 is 14.3 Å². The molecule has 1 heterocycles. The summed E-state index contributed by atoms with van der Waals surface area (Å²) in [6, 6.07) is 12.8. The van der Waals surface area contributed by atoms with Crippen molar-refractivity contribution in [2.45, 2.75) is 20.4 Å². The lowest BCUT2D eigenvalue weighted by Crippen LogP contribution is -2.12. The summed E-state index contributed by atoms with van der Waals surface area (Å²) in [7, 11) is 0. The van der Waals surface area contributed by atoms with Gasteiger partial charge in [-0.15, -0.1) is 0 Å². The Labute approximate surface area is 158 Å². The first-order chi connectivity index (χ1) is 13.2. The zero-order valence-electron chi connectivity index (χ0n) is 15.4. The van der Waals surface area contributed by atoms with E-state index in [2.05, 4.69) is 15.4 Å². The molecule has 7 nitrogen and oxygen atoms in total. The van der Waals surface area contributed by atoms with Crippen molar-refractivity contribution in [1.82, 2.24) is 14.8 Å². The second kappa shape index (κ2) is 8.84. The molecule has 0 fully saturated rings. The molecule has 0 aliphatic carbocycles. The van der Waals surface area contributed by atoms with Gasteiger partial charge in [-0.3, -0.25) is 4.79 Å². The lowest BCUT2D eigenvalue weighted by Gasteiger charge is -2.12. The Bertz CT molecular complexity index is 877. The highest BCUT2D eigenvalue weighted by Gasteiger charge is 2.12. The van der Waals surface area contributed by atoms with Crippen LogP contribution in [-0.4, -0.2) is 33.9 Å². The van der Waals surface area contributed by atoms with E-state index in [1.54, 1.807) is 29.2 Å². The Hall–Kier alpha value is -3.35. The van der Waals surface area contributed by atoms with Gasteiger partial charge < -0.3 is 14.8 Å². The summed E-state index contributed by atoms with van der Waals surface area (Å²) < 4.78 is 12.8. The fourth-order valence-corrected chi connectivity index (χ4v) is 2.59. The quantitative estimate of drug-likeness (QED) is 0.661. The average Bonchev–Trinajstić information content (AvgIpc) is 3.18. The number of hydrogen-bond acceptors (Lipinski definition) is 5. The van der Waals surface area contributed by atoms with Gasteiger partial charge in [0, 0.05) is 11.3 Å². The third kappa shape index (κ3) is 4.84. The van der Waals surface area contributed by atoms with Crippen LogP contribution in [0.3, 0.4) is 0 Å². The predicted octanol–water partition coefficient (Wildman–Crippen LogP) is 3.38. The first kappa shape index (κ1) is 18.4. The third-order valence-corrected chi connectivity index (χ3v) is 3.83. The van der Waals surface area contributed by atoms with Gasteiger partial charge >= 0.3 is 0 Å². The van der Waals surface area contributed by atoms with Crippen LogP contribution in [0.15, 0.2) is 55.1 Å². The predicted molar refractivity (Wildman–Crippen MR) is 102 cm³/mol. The van der Waals surface area contributed by atoms with Crippen LogP contribution in [0.5, 0.6) is 11.5 Å². The van der Waals surface area contributed by atoms with Crippen molar-refractivity contribution in [1.29, 1.82) is 0 Å². The zero-order chi connectivity index (χ0) is 19.1. The Morgan fingerprint density at radius 2 is 1.78 bits per heavy atom. The minimum atomic E-state index is -0.206. The van der Waals surface area contributed by atoms with E-state index >= 15 is 0 Å². The molecule has 0 bridgehead atoms. The fourth-order valence-electron chi connectivity index (χ4n) is 2.59. The molecule has 0 saturated heterocycles. The molecule has 2 aromatic carbocycles. The maximum atomic E-state index is 12.6. The number of nitrogens with one attached hydrogen (secondary N) is 1. The van der Waals surface area contributed by atoms with Crippen molar-refractivity contribution in [3.8, 4) is 11.5 Å². The topological polar surface area (TPSA) is 78.3 Å². The van der Waals surface area contributed by atoms with Crippen LogP contribution in [0.2, 0.25) is 0 Å². The van der Waals surface area contributed by atoms with Gasteiger partial charge in [-0.25, -0.2) is 9.67 Å². The van der Waals surface area contributed by atoms with E-state index in [1.807, 2.05) is 38.1 Å². The van der Waals surface area contributed by atoms with E-state index in [-0.39, 0.29) is 5.91 Å². The number of nitrogens with zero attached hydrogens (tertiary/aromatic N) is 3. The molecule has 1 amide bonds. The first-order valence-electron chi connectivity index (χ1n) is 8.82. The maximum Gasteiger partial charge on any atom is 0.255 e. The average molecular weight is 366 g/mol. The minimum Gasteiger partial charge on any atom is -0.490 e. The molecule has 0 aliphatic rings. The van der Waals surface area contributed by atoms with Crippen molar-refractivity contribution in [2.75, 3.05) is 18.5 Å². The number of anilines is 1. The van der Waals surface area contributed by atoms with Gasteiger partial charge in [-0.2, -0.15) is 5.10 Å². The van der Waals surface area contributed by atoms with E-state index in [0.717, 1.165) is 5.56 Å². The summed E-state index contributed by atoms with van der Waals surface area (Å²) in [6.07, 6.45) is 3.17. The van der Waals surface area contributed by atoms with Gasteiger partial charge in [0.25, 0.3) is 5.91 Å². The lowest BCUT2D eigenvalue weighted by molar-refractivity contribution is 0.102. The molecule has 0 atom stereocenters. The van der Waals surface area contributed by atoms with Crippen LogP contribution in [-0.2, 0) is 6.54 Å². The highest BCUT2D eigenvalue weighted by molar-refractivity contribution is 6.04. The molecule has 0 unspecified atom stereocenters. The summed E-state index contributed by atoms with van der Waals surface area (Å²) in [5, 5.41) is 6.97. The summed E-state index contributed by atoms with van der Waals surface area (Å²) in [4.78, 5) is 16.5. The number of aromatic nitrogens is 3. The molecule has 3 rings (SSSR count). The number of rotatable bonds is 8. The monoisotopic (exact) mass is 366 g/mol. The van der Waals surface area contributed by atoms with Crippen molar-refractivity contribution in [2.24, 2.45) is 0 Å². The summed E-state index contributed by atoms with van der Waals surface area (Å²) in [5.74, 6) is 0.992. The minimum absolute atomic E-state index is 0.206. The van der Waals surface area contributed by atoms with E-state index in [4.69, 9.17) is 9.47 Å². The van der Waals surface area contributed by atoms with Gasteiger partial charge in [0.15, 0.2) is 11.5 Å². The molecule has 0 radical (unpaired) electrons. The van der Waals surface area contributed by atoms with Gasteiger partial charge in [-0.1, -0.05) is 12.1 Å². The SMILES string of the molecule is CCOc1ccc(C(=O)Nc2ccc(Cn3cncn3)cc2)cc1OCC. The molecule has 1 N–H and O–H groups in total. The van der Waals surface area contributed by atoms with E-state index in [9.17, 15) is 4.79 Å². The van der Waals surface area contributed by atoms with E-state index in [1.165, 1.54) is 6.33 Å². The molecule has 7 heteroatoms. The summed E-state index contributed by atoms with van der Waals surface area (Å²) >= 11 is 0. The number of hydrogen-bond donors (Lipinski definition) is 1. The Morgan fingerprint density at radius 1 is 1.04 bits per heavy atom. The zero-order valence-corrected chi connectivity index (χ0v) is 15.4. The smallest absolute Gasteiger partial charge is 0.255 e. The van der Waals surface area contributed by atoms with Crippen molar-refractivity contribution >= 4 is 11.6 Å². The van der Waals surface area contributed by atoms with Gasteiger partial charge in [0.1, 0.15) is 12.7 Å². The Morgan fingerprint density at radius 3 is 2.44 bits per heavy atom. The summed E-state index contributed by atoms with van der Waals surface area (Å²) in [6.45, 7) is 5.46. The van der Waals surface area contributed by atoms with Crippen molar-refractivity contribution in [3.63, 3.8) is 0 Å². The fraction of sp³-hybridized carbons (Fsp3) is 0.250. The molecule has 0 saturated carbocycles. The van der Waals surface area contributed by atoms with Gasteiger partial charge in [0.05, 0.1) is 19.8 Å². The van der Waals surface area contributed by atoms with Crippen LogP contribution in [0, 0.1) is 0 Å². The Kier molecular flexibility index (Phi) is 6.04. The lowest BCUT2D eigenvalue weighted by atomic mass is 10.1. The van der Waals surface area contributed by atoms with Gasteiger partial charge in [0.2, 0.25) is 0 Å². The van der Waals surface area contributed by atoms with E-state index in [0.29, 0.717) is 42.5 Å². The number of benzene rings is 2. The largest absolute Gasteiger partial charge is 0.490 e. The van der Waals surface area contributed by atoms with Crippen LogP contribution in [0.4, 0.5) is 5.69 Å². The van der Waals surface area contributed by atoms with Crippen LogP contribution in [0.1, 0.15) is 29.8 Å². The maximum absolute atomic E-state index is 12.6. The van der Waals surface area contributed by atoms with E-state index < -0.39 is 0 Å². The molecule has 0 aliphatic heterocycles. The highest BCUT2D eigenvalue weighted by atomic mass is 16.5. The number of ether oxygens (including phenoxy) is 2. The van der Waals surface area contributed by atoms with Crippen LogP contribution < -0.4 is 14.8 Å². The van der Waals surface area contributed by atoms with Crippen LogP contribution in [0.25, 0.3) is 0 Å². The highest BCUT2D eigenvalue weighted by Crippen LogP contribution is 2.29. The normalized spacial score (nSPS) is 10.4. The number of carbonyl (C=O) groups excluding carboxylic acids is 1. The molecule has 0 spiro atoms. The standard InChI is InChI=1S/C20H22N4O3/c1-3-26-18-10-7-16(11-19(18)27-4-2)20(25)23-17-8-5-15(6-9-17)12-24-14-21-13-22-24/h5-11,13-14H,3-4,12H2,1-2H3,(H,23,25). The first-order valence-corrected chi connectivity index (χ1v) is 8.82.